The first-order valence-electron chi connectivity index (χ1n) is 4.31. The number of nitrogens with one attached hydrogen (secondary N) is 1. The van der Waals surface area contributed by atoms with Crippen molar-refractivity contribution in [3.05, 3.63) is 23.9 Å². The van der Waals surface area contributed by atoms with Gasteiger partial charge < -0.3 is 10.1 Å². The zero-order chi connectivity index (χ0) is 11.3. The summed E-state index contributed by atoms with van der Waals surface area (Å²) >= 11 is 0. The van der Waals surface area contributed by atoms with Gasteiger partial charge in [-0.1, -0.05) is 6.07 Å². The topological polar surface area (TPSA) is 34.2 Å². The number of alkyl halides is 3. The second-order valence-electron chi connectivity index (χ2n) is 2.90. The van der Waals surface area contributed by atoms with Crippen LogP contribution in [0.2, 0.25) is 0 Å². The summed E-state index contributed by atoms with van der Waals surface area (Å²) in [6, 6.07) is 3.31. The normalized spacial score (nSPS) is 11.5. The predicted molar refractivity (Wildman–Crippen MR) is 48.6 cm³/mol. The van der Waals surface area contributed by atoms with Crippen molar-refractivity contribution in [1.82, 2.24) is 10.3 Å². The van der Waals surface area contributed by atoms with E-state index in [0.29, 0.717) is 12.1 Å². The van der Waals surface area contributed by atoms with Crippen LogP contribution in [0.4, 0.5) is 13.2 Å². The Morgan fingerprint density at radius 1 is 1.47 bits per heavy atom. The zero-order valence-corrected chi connectivity index (χ0v) is 8.14. The van der Waals surface area contributed by atoms with Crippen molar-refractivity contribution >= 4 is 0 Å². The molecule has 1 aromatic rings. The van der Waals surface area contributed by atoms with Crippen LogP contribution in [0, 0.1) is 0 Å². The van der Waals surface area contributed by atoms with Gasteiger partial charge in [0.25, 0.3) is 0 Å². The van der Waals surface area contributed by atoms with Crippen LogP contribution in [0.3, 0.4) is 0 Å². The fourth-order valence-electron chi connectivity index (χ4n) is 1.03. The lowest BCUT2D eigenvalue weighted by molar-refractivity contribution is -0.154. The van der Waals surface area contributed by atoms with E-state index in [9.17, 15) is 13.2 Å². The molecule has 0 saturated heterocycles. The molecule has 84 valence electrons. The van der Waals surface area contributed by atoms with E-state index in [0.717, 1.165) is 0 Å². The Balaban J connectivity index is 2.67. The van der Waals surface area contributed by atoms with Crippen molar-refractivity contribution < 1.29 is 17.9 Å². The number of hydrogen-bond acceptors (Lipinski definition) is 3. The molecule has 0 aliphatic heterocycles. The van der Waals surface area contributed by atoms with Gasteiger partial charge in [-0.2, -0.15) is 13.2 Å². The Kier molecular flexibility index (Phi) is 3.90. The lowest BCUT2D eigenvalue weighted by Crippen LogP contribution is -2.20. The van der Waals surface area contributed by atoms with Crippen molar-refractivity contribution in [1.29, 1.82) is 0 Å². The molecular weight excluding hydrogens is 209 g/mol. The molecule has 1 heterocycles. The van der Waals surface area contributed by atoms with Crippen LogP contribution in [0.15, 0.2) is 18.3 Å². The molecule has 0 fully saturated rings. The lowest BCUT2D eigenvalue weighted by atomic mass is 10.3. The largest absolute Gasteiger partial charge is 0.468 e. The number of nitrogens with zero attached hydrogens (tertiary/aromatic N) is 1. The van der Waals surface area contributed by atoms with Gasteiger partial charge in [-0.15, -0.1) is 0 Å². The van der Waals surface area contributed by atoms with Crippen molar-refractivity contribution in [3.63, 3.8) is 0 Å². The number of rotatable bonds is 4. The Hall–Kier alpha value is -1.30. The lowest BCUT2D eigenvalue weighted by Gasteiger charge is -2.11. The summed E-state index contributed by atoms with van der Waals surface area (Å²) in [6.45, 7) is -0.901. The van der Waals surface area contributed by atoms with E-state index in [-0.39, 0.29) is 5.88 Å². The van der Waals surface area contributed by atoms with E-state index in [1.165, 1.54) is 6.20 Å². The Morgan fingerprint density at radius 3 is 2.80 bits per heavy atom. The molecule has 0 amide bonds. The summed E-state index contributed by atoms with van der Waals surface area (Å²) in [4.78, 5) is 3.74. The molecule has 6 heteroatoms. The Labute approximate surface area is 85.3 Å². The highest BCUT2D eigenvalue weighted by Crippen LogP contribution is 2.19. The minimum Gasteiger partial charge on any atom is -0.468 e. The van der Waals surface area contributed by atoms with Crippen LogP contribution in [-0.2, 0) is 6.54 Å². The quantitative estimate of drug-likeness (QED) is 0.839. The maximum absolute atomic E-state index is 11.9. The maximum atomic E-state index is 11.9. The molecule has 0 aliphatic carbocycles. The third kappa shape index (κ3) is 4.16. The van der Waals surface area contributed by atoms with E-state index in [4.69, 9.17) is 0 Å². The molecule has 0 aromatic carbocycles. The van der Waals surface area contributed by atoms with E-state index in [1.807, 2.05) is 0 Å². The molecule has 0 atom stereocenters. The molecule has 1 aromatic heterocycles. The molecule has 1 rings (SSSR count). The molecule has 3 nitrogen and oxygen atoms in total. The van der Waals surface area contributed by atoms with Gasteiger partial charge in [0.15, 0.2) is 6.61 Å². The van der Waals surface area contributed by atoms with Gasteiger partial charge in [0.2, 0.25) is 5.88 Å². The van der Waals surface area contributed by atoms with E-state index in [1.54, 1.807) is 19.2 Å². The number of pyridine rings is 1. The summed E-state index contributed by atoms with van der Waals surface area (Å²) in [7, 11) is 1.69. The fraction of sp³-hybridized carbons (Fsp3) is 0.444. The summed E-state index contributed by atoms with van der Waals surface area (Å²) in [5.74, 6) is 0.0178. The molecule has 15 heavy (non-hydrogen) atoms. The highest BCUT2D eigenvalue weighted by Gasteiger charge is 2.29. The third-order valence-corrected chi connectivity index (χ3v) is 1.59. The van der Waals surface area contributed by atoms with Gasteiger partial charge >= 0.3 is 6.18 Å². The van der Waals surface area contributed by atoms with E-state index >= 15 is 0 Å². The average molecular weight is 220 g/mol. The monoisotopic (exact) mass is 220 g/mol. The van der Waals surface area contributed by atoms with E-state index in [2.05, 4.69) is 15.0 Å². The minimum absolute atomic E-state index is 0.0178. The highest BCUT2D eigenvalue weighted by atomic mass is 19.4. The van der Waals surface area contributed by atoms with Crippen LogP contribution < -0.4 is 10.1 Å². The van der Waals surface area contributed by atoms with Crippen LogP contribution in [0.25, 0.3) is 0 Å². The van der Waals surface area contributed by atoms with Crippen LogP contribution in [-0.4, -0.2) is 24.8 Å². The Bertz CT molecular complexity index is 314. The van der Waals surface area contributed by atoms with Crippen molar-refractivity contribution in [3.8, 4) is 5.88 Å². The van der Waals surface area contributed by atoms with Crippen LogP contribution in [0.1, 0.15) is 5.56 Å². The minimum atomic E-state index is -4.34. The average Bonchev–Trinajstić information content (AvgIpc) is 2.16. The number of aromatic nitrogens is 1. The second kappa shape index (κ2) is 4.97. The Morgan fingerprint density at radius 2 is 2.20 bits per heavy atom. The van der Waals surface area contributed by atoms with E-state index < -0.39 is 12.8 Å². The van der Waals surface area contributed by atoms with Crippen molar-refractivity contribution in [2.45, 2.75) is 12.7 Å². The van der Waals surface area contributed by atoms with Gasteiger partial charge in [0.05, 0.1) is 0 Å². The zero-order valence-electron chi connectivity index (χ0n) is 8.14. The van der Waals surface area contributed by atoms with Crippen LogP contribution >= 0.6 is 0 Å². The molecule has 0 saturated carbocycles. The molecular formula is C9H11F3N2O. The number of ether oxygens (including phenoxy) is 1. The van der Waals surface area contributed by atoms with Gasteiger partial charge in [0, 0.05) is 18.3 Å². The van der Waals surface area contributed by atoms with Gasteiger partial charge in [-0.05, 0) is 13.1 Å². The van der Waals surface area contributed by atoms with Crippen LogP contribution in [0.5, 0.6) is 5.88 Å². The number of halogens is 3. The molecule has 0 radical (unpaired) electrons. The van der Waals surface area contributed by atoms with Gasteiger partial charge in [-0.3, -0.25) is 0 Å². The molecule has 0 unspecified atom stereocenters. The third-order valence-electron chi connectivity index (χ3n) is 1.59. The summed E-state index contributed by atoms with van der Waals surface area (Å²) < 4.78 is 40.2. The SMILES string of the molecule is CNCc1cccnc1OCC(F)(F)F. The van der Waals surface area contributed by atoms with Crippen molar-refractivity contribution in [2.75, 3.05) is 13.7 Å². The van der Waals surface area contributed by atoms with Gasteiger partial charge in [-0.25, -0.2) is 4.98 Å². The second-order valence-corrected chi connectivity index (χ2v) is 2.90. The van der Waals surface area contributed by atoms with Crippen molar-refractivity contribution in [2.24, 2.45) is 0 Å². The molecule has 0 aliphatic rings. The first-order chi connectivity index (χ1) is 7.03. The summed E-state index contributed by atoms with van der Waals surface area (Å²) in [5, 5.41) is 2.82. The smallest absolute Gasteiger partial charge is 0.422 e. The molecule has 0 bridgehead atoms. The molecule has 0 spiro atoms. The summed E-state index contributed by atoms with van der Waals surface area (Å²) in [6.07, 6.45) is -2.95. The predicted octanol–water partition coefficient (Wildman–Crippen LogP) is 1.74. The highest BCUT2D eigenvalue weighted by molar-refractivity contribution is 5.25. The van der Waals surface area contributed by atoms with Gasteiger partial charge in [0.1, 0.15) is 0 Å². The maximum Gasteiger partial charge on any atom is 0.422 e. The number of hydrogen-bond donors (Lipinski definition) is 1. The first-order valence-corrected chi connectivity index (χ1v) is 4.31. The summed E-state index contributed by atoms with van der Waals surface area (Å²) in [5.41, 5.74) is 0.601. The molecule has 1 N–H and O–H groups in total. The standard InChI is InChI=1S/C9H11F3N2O/c1-13-5-7-3-2-4-14-8(7)15-6-9(10,11)12/h2-4,13H,5-6H2,1H3. The fourth-order valence-corrected chi connectivity index (χ4v) is 1.03. The first kappa shape index (κ1) is 11.8.